The molecule has 3 aliphatic heterocycles. The second-order valence-electron chi connectivity index (χ2n) is 9.46. The van der Waals surface area contributed by atoms with E-state index in [9.17, 15) is 14.7 Å². The fraction of sp³-hybridized carbons (Fsp3) is 0.320. The van der Waals surface area contributed by atoms with Crippen molar-refractivity contribution < 1.29 is 19.4 Å². The Morgan fingerprint density at radius 2 is 1.97 bits per heavy atom. The van der Waals surface area contributed by atoms with E-state index in [4.69, 9.17) is 27.9 Å². The third-order valence-corrected chi connectivity index (χ3v) is 7.94. The maximum atomic E-state index is 14.0. The zero-order chi connectivity index (χ0) is 25.4. The number of ether oxygens (including phenoxy) is 1. The number of fused-ring (bicyclic) bond motifs is 1. The SMILES string of the molecule is Cc1cccc(C)c1-n1nnnc1[C@@H](c1ccc(Cl)cc1Cl)N1C[C@]23C=C[C@@H](O2)[C@H](C(=O)O)[C@@H]3C1=O. The summed E-state index contributed by atoms with van der Waals surface area (Å²) >= 11 is 12.8. The lowest BCUT2D eigenvalue weighted by molar-refractivity contribution is -0.148. The molecule has 2 aromatic carbocycles. The number of hydrogen-bond donors (Lipinski definition) is 1. The summed E-state index contributed by atoms with van der Waals surface area (Å²) in [5.74, 6) is -2.87. The van der Waals surface area contributed by atoms with Gasteiger partial charge in [0.05, 0.1) is 24.3 Å². The number of carbonyl (C=O) groups is 2. The van der Waals surface area contributed by atoms with Crippen molar-refractivity contribution in [1.82, 2.24) is 25.1 Å². The van der Waals surface area contributed by atoms with Gasteiger partial charge in [0.1, 0.15) is 17.6 Å². The van der Waals surface area contributed by atoms with Gasteiger partial charge < -0.3 is 14.7 Å². The van der Waals surface area contributed by atoms with Crippen LogP contribution in [0.1, 0.15) is 28.6 Å². The molecule has 1 spiro atoms. The van der Waals surface area contributed by atoms with E-state index in [1.54, 1.807) is 33.9 Å². The average molecular weight is 526 g/mol. The van der Waals surface area contributed by atoms with Crippen LogP contribution in [0.5, 0.6) is 0 Å². The average Bonchev–Trinajstić information content (AvgIpc) is 3.57. The van der Waals surface area contributed by atoms with E-state index in [1.807, 2.05) is 38.1 Å². The maximum absolute atomic E-state index is 14.0. The molecule has 0 aliphatic carbocycles. The van der Waals surface area contributed by atoms with E-state index < -0.39 is 35.6 Å². The molecular weight excluding hydrogens is 505 g/mol. The molecule has 3 aliphatic rings. The number of aryl methyl sites for hydroxylation is 2. The van der Waals surface area contributed by atoms with Crippen molar-refractivity contribution >= 4 is 35.1 Å². The number of para-hydroxylation sites is 1. The van der Waals surface area contributed by atoms with Gasteiger partial charge in [-0.05, 0) is 47.5 Å². The number of benzene rings is 2. The Morgan fingerprint density at radius 1 is 1.22 bits per heavy atom. The molecular formula is C25H21Cl2N5O4. The molecule has 3 aromatic rings. The molecule has 1 amide bonds. The van der Waals surface area contributed by atoms with Crippen LogP contribution in [0, 0.1) is 25.7 Å². The number of rotatable bonds is 5. The van der Waals surface area contributed by atoms with Crippen LogP contribution in [0.15, 0.2) is 48.6 Å². The third-order valence-electron chi connectivity index (χ3n) is 7.37. The quantitative estimate of drug-likeness (QED) is 0.507. The van der Waals surface area contributed by atoms with E-state index >= 15 is 0 Å². The first-order valence-electron chi connectivity index (χ1n) is 11.4. The monoisotopic (exact) mass is 525 g/mol. The van der Waals surface area contributed by atoms with Crippen molar-refractivity contribution in [2.75, 3.05) is 6.54 Å². The van der Waals surface area contributed by atoms with Gasteiger partial charge >= 0.3 is 5.97 Å². The summed E-state index contributed by atoms with van der Waals surface area (Å²) < 4.78 is 7.71. The molecule has 36 heavy (non-hydrogen) atoms. The van der Waals surface area contributed by atoms with E-state index in [-0.39, 0.29) is 12.5 Å². The summed E-state index contributed by atoms with van der Waals surface area (Å²) in [4.78, 5) is 27.6. The highest BCUT2D eigenvalue weighted by molar-refractivity contribution is 6.35. The molecule has 11 heteroatoms. The van der Waals surface area contributed by atoms with Crippen molar-refractivity contribution in [3.05, 3.63) is 81.1 Å². The fourth-order valence-electron chi connectivity index (χ4n) is 5.86. The number of carboxylic acid groups (broad SMARTS) is 1. The predicted molar refractivity (Wildman–Crippen MR) is 130 cm³/mol. The number of likely N-dealkylation sites (tertiary alicyclic amines) is 1. The topological polar surface area (TPSA) is 110 Å². The van der Waals surface area contributed by atoms with E-state index in [1.165, 1.54) is 0 Å². The summed E-state index contributed by atoms with van der Waals surface area (Å²) in [6, 6.07) is 10.1. The second-order valence-corrected chi connectivity index (χ2v) is 10.3. The molecule has 2 bridgehead atoms. The van der Waals surface area contributed by atoms with Gasteiger partial charge in [0.2, 0.25) is 5.91 Å². The van der Waals surface area contributed by atoms with Gasteiger partial charge in [-0.15, -0.1) is 5.10 Å². The van der Waals surface area contributed by atoms with Crippen molar-refractivity contribution in [3.8, 4) is 5.69 Å². The minimum absolute atomic E-state index is 0.135. The van der Waals surface area contributed by atoms with Crippen LogP contribution >= 0.6 is 23.2 Å². The number of halogens is 2. The van der Waals surface area contributed by atoms with Crippen molar-refractivity contribution in [2.24, 2.45) is 11.8 Å². The number of tetrazole rings is 1. The normalized spacial score (nSPS) is 27.1. The number of hydrogen-bond acceptors (Lipinski definition) is 6. The number of aromatic nitrogens is 4. The Hall–Kier alpha value is -3.27. The highest BCUT2D eigenvalue weighted by Gasteiger charge is 2.68. The summed E-state index contributed by atoms with van der Waals surface area (Å²) in [5.41, 5.74) is 2.22. The molecule has 0 saturated carbocycles. The Bertz CT molecular complexity index is 1440. The lowest BCUT2D eigenvalue weighted by atomic mass is 9.77. The van der Waals surface area contributed by atoms with E-state index in [0.717, 1.165) is 16.8 Å². The number of amides is 1. The number of aliphatic carboxylic acids is 1. The molecule has 1 N–H and O–H groups in total. The largest absolute Gasteiger partial charge is 0.481 e. The first-order chi connectivity index (χ1) is 17.2. The summed E-state index contributed by atoms with van der Waals surface area (Å²) in [6.07, 6.45) is 2.92. The minimum Gasteiger partial charge on any atom is -0.481 e. The third kappa shape index (κ3) is 3.23. The van der Waals surface area contributed by atoms with Crippen LogP contribution in [0.25, 0.3) is 5.69 Å². The van der Waals surface area contributed by atoms with Gasteiger partial charge in [0.15, 0.2) is 5.82 Å². The Labute approximate surface area is 216 Å². The lowest BCUT2D eigenvalue weighted by Crippen LogP contribution is -2.39. The van der Waals surface area contributed by atoms with Crippen LogP contribution < -0.4 is 0 Å². The van der Waals surface area contributed by atoms with Gasteiger partial charge in [0.25, 0.3) is 0 Å². The summed E-state index contributed by atoms with van der Waals surface area (Å²) in [7, 11) is 0. The molecule has 5 atom stereocenters. The van der Waals surface area contributed by atoms with E-state index in [0.29, 0.717) is 21.4 Å². The predicted octanol–water partition coefficient (Wildman–Crippen LogP) is 3.54. The van der Waals surface area contributed by atoms with Gasteiger partial charge in [0, 0.05) is 15.6 Å². The van der Waals surface area contributed by atoms with Crippen LogP contribution in [0.2, 0.25) is 10.0 Å². The van der Waals surface area contributed by atoms with E-state index in [2.05, 4.69) is 15.5 Å². The zero-order valence-corrected chi connectivity index (χ0v) is 20.8. The van der Waals surface area contributed by atoms with Gasteiger partial charge in [-0.3, -0.25) is 9.59 Å². The minimum atomic E-state index is -1.06. The first kappa shape index (κ1) is 23.1. The van der Waals surface area contributed by atoms with Crippen molar-refractivity contribution in [1.29, 1.82) is 0 Å². The molecule has 9 nitrogen and oxygen atoms in total. The van der Waals surface area contributed by atoms with Crippen LogP contribution in [0.3, 0.4) is 0 Å². The van der Waals surface area contributed by atoms with Gasteiger partial charge in [-0.25, -0.2) is 0 Å². The number of nitrogens with zero attached hydrogens (tertiary/aromatic N) is 5. The molecule has 2 fully saturated rings. The number of carbonyl (C=O) groups excluding carboxylic acids is 1. The molecule has 6 rings (SSSR count). The molecule has 2 saturated heterocycles. The zero-order valence-electron chi connectivity index (χ0n) is 19.3. The van der Waals surface area contributed by atoms with Crippen molar-refractivity contribution in [3.63, 3.8) is 0 Å². The van der Waals surface area contributed by atoms with Gasteiger partial charge in [-0.1, -0.05) is 59.6 Å². The van der Waals surface area contributed by atoms with Gasteiger partial charge in [-0.2, -0.15) is 4.68 Å². The highest BCUT2D eigenvalue weighted by atomic mass is 35.5. The van der Waals surface area contributed by atoms with Crippen molar-refractivity contribution in [2.45, 2.75) is 31.6 Å². The second kappa shape index (κ2) is 8.12. The molecule has 184 valence electrons. The summed E-state index contributed by atoms with van der Waals surface area (Å²) in [6.45, 7) is 4.05. The molecule has 0 radical (unpaired) electrons. The van der Waals surface area contributed by atoms with Crippen LogP contribution in [-0.2, 0) is 14.3 Å². The Balaban J connectivity index is 1.53. The molecule has 4 heterocycles. The van der Waals surface area contributed by atoms with Crippen LogP contribution in [-0.4, -0.2) is 60.3 Å². The maximum Gasteiger partial charge on any atom is 0.310 e. The Kier molecular flexibility index (Phi) is 5.22. The van der Waals surface area contributed by atoms with Crippen LogP contribution in [0.4, 0.5) is 0 Å². The standard InChI is InChI=1S/C25H21Cl2N5O4/c1-12-4-3-5-13(2)20(12)32-22(28-29-30-32)21(15-7-6-14(26)10-16(15)27)31-11-25-9-8-17(36-25)18(24(34)35)19(25)23(31)33/h3-10,17-19,21H,11H2,1-2H3,(H,34,35)/t17-,18+,19-,21-,25+/m1/s1. The molecule has 1 aromatic heterocycles. The first-order valence-corrected chi connectivity index (χ1v) is 12.2. The Morgan fingerprint density at radius 3 is 2.67 bits per heavy atom. The highest BCUT2D eigenvalue weighted by Crippen LogP contribution is 2.54. The lowest BCUT2D eigenvalue weighted by Gasteiger charge is -2.30. The smallest absolute Gasteiger partial charge is 0.310 e. The molecule has 0 unspecified atom stereocenters. The summed E-state index contributed by atoms with van der Waals surface area (Å²) in [5, 5.41) is 23.2. The number of carboxylic acids is 1. The fourth-order valence-corrected chi connectivity index (χ4v) is 6.37.